The zero-order valence-electron chi connectivity index (χ0n) is 16.6. The zero-order chi connectivity index (χ0) is 18.7. The molecule has 0 heterocycles. The maximum Gasteiger partial charge on any atom is 0.303 e. The summed E-state index contributed by atoms with van der Waals surface area (Å²) in [5, 5.41) is 0. The highest BCUT2D eigenvalue weighted by Gasteiger charge is 2.60. The second-order valence-electron chi connectivity index (χ2n) is 9.50. The number of hydrogen-bond donors (Lipinski definition) is 0. The van der Waals surface area contributed by atoms with Crippen LogP contribution in [0.1, 0.15) is 72.6 Å². The molecule has 4 aliphatic carbocycles. The van der Waals surface area contributed by atoms with E-state index in [0.717, 1.165) is 19.3 Å². The van der Waals surface area contributed by atoms with Gasteiger partial charge in [-0.1, -0.05) is 25.5 Å². The molecular formula is C23H32O3. The van der Waals surface area contributed by atoms with Crippen molar-refractivity contribution >= 4 is 11.8 Å². The van der Waals surface area contributed by atoms with Crippen LogP contribution in [0, 0.1) is 28.6 Å². The Hall–Kier alpha value is -1.38. The van der Waals surface area contributed by atoms with Crippen molar-refractivity contribution in [2.24, 2.45) is 28.6 Å². The number of ketones is 1. The molecule has 0 amide bonds. The van der Waals surface area contributed by atoms with Crippen molar-refractivity contribution in [3.8, 4) is 0 Å². The zero-order valence-corrected chi connectivity index (χ0v) is 16.6. The smallest absolute Gasteiger partial charge is 0.303 e. The van der Waals surface area contributed by atoms with Crippen LogP contribution in [0.25, 0.3) is 0 Å². The Morgan fingerprint density at radius 3 is 2.62 bits per heavy atom. The highest BCUT2D eigenvalue weighted by molar-refractivity contribution is 5.91. The second kappa shape index (κ2) is 6.07. The Morgan fingerprint density at radius 1 is 1.15 bits per heavy atom. The van der Waals surface area contributed by atoms with Gasteiger partial charge in [0.25, 0.3) is 0 Å². The minimum atomic E-state index is -0.167. The Balaban J connectivity index is 1.67. The van der Waals surface area contributed by atoms with Crippen LogP contribution in [-0.2, 0) is 14.3 Å². The van der Waals surface area contributed by atoms with Gasteiger partial charge in [0, 0.05) is 13.3 Å². The molecule has 3 heteroatoms. The Bertz CT molecular complexity index is 702. The molecule has 6 atom stereocenters. The lowest BCUT2D eigenvalue weighted by Gasteiger charge is -2.57. The SMILES string of the molecule is C/C=C1\[C@@H](OC(C)=O)C[C@H]2[C@@H]3CCC4=CC(=O)CC[C@]4(C)[C@H]3CC[C@]12C. The summed E-state index contributed by atoms with van der Waals surface area (Å²) in [6.07, 6.45) is 11.5. The van der Waals surface area contributed by atoms with E-state index in [9.17, 15) is 9.59 Å². The molecule has 0 aromatic rings. The van der Waals surface area contributed by atoms with Gasteiger partial charge in [0.05, 0.1) is 0 Å². The van der Waals surface area contributed by atoms with E-state index < -0.39 is 0 Å². The number of allylic oxidation sites excluding steroid dienone is 2. The Labute approximate surface area is 157 Å². The van der Waals surface area contributed by atoms with Gasteiger partial charge in [-0.3, -0.25) is 9.59 Å². The van der Waals surface area contributed by atoms with E-state index in [1.54, 1.807) is 0 Å². The normalized spacial score (nSPS) is 46.2. The first kappa shape index (κ1) is 18.0. The number of fused-ring (bicyclic) bond motifs is 5. The molecule has 0 aromatic heterocycles. The standard InChI is InChI=1S/C23H32O3/c1-5-18-21(26-14(2)24)13-20-17-7-6-15-12-16(25)8-10-22(15,3)19(17)9-11-23(18,20)4/h5,12,17,19-21H,6-11,13H2,1-4H3/b18-5+/t17-,19+,20+,21+,22+,23-/m1/s1. The van der Waals surface area contributed by atoms with E-state index in [2.05, 4.69) is 26.8 Å². The van der Waals surface area contributed by atoms with Crippen molar-refractivity contribution in [3.63, 3.8) is 0 Å². The summed E-state index contributed by atoms with van der Waals surface area (Å²) in [5.74, 6) is 2.10. The predicted molar refractivity (Wildman–Crippen MR) is 101 cm³/mol. The molecule has 0 aromatic carbocycles. The first-order chi connectivity index (χ1) is 12.3. The van der Waals surface area contributed by atoms with Crippen LogP contribution in [0.4, 0.5) is 0 Å². The van der Waals surface area contributed by atoms with E-state index in [1.165, 1.54) is 37.3 Å². The molecule has 3 nitrogen and oxygen atoms in total. The van der Waals surface area contributed by atoms with Crippen molar-refractivity contribution in [1.82, 2.24) is 0 Å². The minimum absolute atomic E-state index is 0.0380. The fraction of sp³-hybridized carbons (Fsp3) is 0.739. The van der Waals surface area contributed by atoms with Crippen molar-refractivity contribution in [2.75, 3.05) is 0 Å². The molecule has 26 heavy (non-hydrogen) atoms. The third-order valence-corrected chi connectivity index (χ3v) is 8.45. The quantitative estimate of drug-likeness (QED) is 0.490. The van der Waals surface area contributed by atoms with Crippen LogP contribution in [0.2, 0.25) is 0 Å². The monoisotopic (exact) mass is 356 g/mol. The van der Waals surface area contributed by atoms with E-state index >= 15 is 0 Å². The molecule has 3 saturated carbocycles. The van der Waals surface area contributed by atoms with Gasteiger partial charge in [-0.05, 0) is 85.7 Å². The summed E-state index contributed by atoms with van der Waals surface area (Å²) in [7, 11) is 0. The largest absolute Gasteiger partial charge is 0.458 e. The van der Waals surface area contributed by atoms with Gasteiger partial charge >= 0.3 is 5.97 Å². The topological polar surface area (TPSA) is 43.4 Å². The van der Waals surface area contributed by atoms with E-state index in [-0.39, 0.29) is 22.9 Å². The molecule has 0 unspecified atom stereocenters. The Kier molecular flexibility index (Phi) is 4.20. The number of ether oxygens (including phenoxy) is 1. The summed E-state index contributed by atoms with van der Waals surface area (Å²) in [4.78, 5) is 23.6. The molecule has 4 aliphatic rings. The summed E-state index contributed by atoms with van der Waals surface area (Å²) in [6.45, 7) is 8.45. The fourth-order valence-electron chi connectivity index (χ4n) is 7.23. The van der Waals surface area contributed by atoms with Crippen LogP contribution in [0.3, 0.4) is 0 Å². The van der Waals surface area contributed by atoms with Gasteiger partial charge in [0.2, 0.25) is 0 Å². The number of hydrogen-bond acceptors (Lipinski definition) is 3. The first-order valence-electron chi connectivity index (χ1n) is 10.4. The lowest BCUT2D eigenvalue weighted by molar-refractivity contribution is -0.144. The highest BCUT2D eigenvalue weighted by Crippen LogP contribution is 2.66. The van der Waals surface area contributed by atoms with Gasteiger partial charge in [0.15, 0.2) is 5.78 Å². The van der Waals surface area contributed by atoms with Crippen molar-refractivity contribution < 1.29 is 14.3 Å². The number of rotatable bonds is 1. The molecule has 142 valence electrons. The number of carbonyl (C=O) groups excluding carboxylic acids is 2. The maximum atomic E-state index is 11.9. The molecule has 0 saturated heterocycles. The van der Waals surface area contributed by atoms with Crippen LogP contribution in [0.5, 0.6) is 0 Å². The summed E-state index contributed by atoms with van der Waals surface area (Å²) in [5.41, 5.74) is 3.13. The minimum Gasteiger partial charge on any atom is -0.458 e. The van der Waals surface area contributed by atoms with Gasteiger partial charge in [-0.15, -0.1) is 0 Å². The van der Waals surface area contributed by atoms with E-state index in [4.69, 9.17) is 4.74 Å². The lowest BCUT2D eigenvalue weighted by atomic mass is 9.47. The van der Waals surface area contributed by atoms with Crippen molar-refractivity contribution in [1.29, 1.82) is 0 Å². The van der Waals surface area contributed by atoms with Crippen LogP contribution in [0.15, 0.2) is 23.3 Å². The molecular weight excluding hydrogens is 324 g/mol. The van der Waals surface area contributed by atoms with Crippen molar-refractivity contribution in [3.05, 3.63) is 23.3 Å². The third kappa shape index (κ3) is 2.46. The summed E-state index contributed by atoms with van der Waals surface area (Å²) < 4.78 is 5.73. The van der Waals surface area contributed by atoms with Crippen LogP contribution in [-0.4, -0.2) is 17.9 Å². The predicted octanol–water partition coefficient (Wildman–Crippen LogP) is 5.01. The van der Waals surface area contributed by atoms with Crippen molar-refractivity contribution in [2.45, 2.75) is 78.7 Å². The molecule has 0 spiro atoms. The third-order valence-electron chi connectivity index (χ3n) is 8.45. The van der Waals surface area contributed by atoms with Gasteiger partial charge in [-0.2, -0.15) is 0 Å². The molecule has 4 rings (SSSR count). The maximum absolute atomic E-state index is 11.9. The molecule has 0 N–H and O–H groups in total. The van der Waals surface area contributed by atoms with Crippen LogP contribution < -0.4 is 0 Å². The Morgan fingerprint density at radius 2 is 1.92 bits per heavy atom. The summed E-state index contributed by atoms with van der Waals surface area (Å²) in [6, 6.07) is 0. The highest BCUT2D eigenvalue weighted by atomic mass is 16.5. The first-order valence-corrected chi connectivity index (χ1v) is 10.4. The summed E-state index contributed by atoms with van der Waals surface area (Å²) >= 11 is 0. The molecule has 3 fully saturated rings. The number of carbonyl (C=O) groups is 2. The second-order valence-corrected chi connectivity index (χ2v) is 9.50. The van der Waals surface area contributed by atoms with E-state index in [0.29, 0.717) is 30.0 Å². The van der Waals surface area contributed by atoms with Gasteiger partial charge in [0.1, 0.15) is 6.10 Å². The fourth-order valence-corrected chi connectivity index (χ4v) is 7.23. The number of esters is 1. The molecule has 0 aliphatic heterocycles. The average Bonchev–Trinajstić information content (AvgIpc) is 2.86. The molecule has 0 bridgehead atoms. The lowest BCUT2D eigenvalue weighted by Crippen LogP contribution is -2.49. The van der Waals surface area contributed by atoms with Crippen LogP contribution >= 0.6 is 0 Å². The molecule has 0 radical (unpaired) electrons. The van der Waals surface area contributed by atoms with Gasteiger partial charge in [-0.25, -0.2) is 0 Å². The average molecular weight is 357 g/mol. The van der Waals surface area contributed by atoms with E-state index in [1.807, 2.05) is 6.08 Å². The van der Waals surface area contributed by atoms with Gasteiger partial charge < -0.3 is 4.74 Å².